The number of hydrogen-bond donors (Lipinski definition) is 0. The molecular formula is C18H18N4O3S. The molecule has 8 heteroatoms. The van der Waals surface area contributed by atoms with E-state index in [0.717, 1.165) is 17.0 Å². The van der Waals surface area contributed by atoms with Crippen molar-refractivity contribution in [3.63, 3.8) is 0 Å². The van der Waals surface area contributed by atoms with Gasteiger partial charge in [0.05, 0.1) is 14.2 Å². The number of carbonyl (C=O) groups is 1. The van der Waals surface area contributed by atoms with Crippen molar-refractivity contribution in [2.45, 2.75) is 17.8 Å². The molecule has 0 saturated heterocycles. The van der Waals surface area contributed by atoms with Crippen LogP contribution in [0.3, 0.4) is 0 Å². The first kappa shape index (κ1) is 17.9. The predicted molar refractivity (Wildman–Crippen MR) is 98.3 cm³/mol. The summed E-state index contributed by atoms with van der Waals surface area (Å²) in [6, 6.07) is 12.9. The van der Waals surface area contributed by atoms with Crippen LogP contribution >= 0.6 is 11.8 Å². The molecule has 0 saturated carbocycles. The van der Waals surface area contributed by atoms with Gasteiger partial charge >= 0.3 is 0 Å². The third kappa shape index (κ3) is 3.70. The van der Waals surface area contributed by atoms with E-state index in [1.54, 1.807) is 38.0 Å². The standard InChI is InChI=1S/C18H18N4O3S/c1-12(23)13-8-9-16(24-2)14(10-13)11-26-18-19-20-21-22(18)15-6-4-5-7-17(15)25-3/h4-10H,11H2,1-3H3. The van der Waals surface area contributed by atoms with Crippen molar-refractivity contribution in [2.75, 3.05) is 14.2 Å². The third-order valence-corrected chi connectivity index (χ3v) is 4.77. The summed E-state index contributed by atoms with van der Waals surface area (Å²) in [5, 5.41) is 12.6. The highest BCUT2D eigenvalue weighted by Crippen LogP contribution is 2.30. The number of thioether (sulfide) groups is 1. The molecule has 0 N–H and O–H groups in total. The first-order valence-corrected chi connectivity index (χ1v) is 8.85. The van der Waals surface area contributed by atoms with Crippen LogP contribution in [0.2, 0.25) is 0 Å². The molecular weight excluding hydrogens is 352 g/mol. The molecule has 0 fully saturated rings. The fraction of sp³-hybridized carbons (Fsp3) is 0.222. The van der Waals surface area contributed by atoms with E-state index in [-0.39, 0.29) is 5.78 Å². The zero-order chi connectivity index (χ0) is 18.5. The Kier molecular flexibility index (Phi) is 5.52. The number of tetrazole rings is 1. The second-order valence-electron chi connectivity index (χ2n) is 5.42. The second-order valence-corrected chi connectivity index (χ2v) is 6.36. The van der Waals surface area contributed by atoms with Gasteiger partial charge in [-0.1, -0.05) is 23.9 Å². The Labute approximate surface area is 155 Å². The zero-order valence-electron chi connectivity index (χ0n) is 14.7. The number of benzene rings is 2. The minimum Gasteiger partial charge on any atom is -0.496 e. The molecule has 0 amide bonds. The molecule has 0 aliphatic heterocycles. The van der Waals surface area contributed by atoms with Gasteiger partial charge in [-0.3, -0.25) is 4.79 Å². The average molecular weight is 370 g/mol. The Balaban J connectivity index is 1.87. The van der Waals surface area contributed by atoms with E-state index in [4.69, 9.17) is 9.47 Å². The van der Waals surface area contributed by atoms with Crippen molar-refractivity contribution in [2.24, 2.45) is 0 Å². The van der Waals surface area contributed by atoms with Gasteiger partial charge in [0.1, 0.15) is 17.2 Å². The summed E-state index contributed by atoms with van der Waals surface area (Å²) in [6.45, 7) is 1.54. The quantitative estimate of drug-likeness (QED) is 0.467. The molecule has 0 unspecified atom stereocenters. The van der Waals surface area contributed by atoms with Gasteiger partial charge < -0.3 is 9.47 Å². The minimum absolute atomic E-state index is 0.0118. The monoisotopic (exact) mass is 370 g/mol. The highest BCUT2D eigenvalue weighted by Gasteiger charge is 2.15. The van der Waals surface area contributed by atoms with E-state index in [1.807, 2.05) is 30.3 Å². The maximum absolute atomic E-state index is 11.6. The van der Waals surface area contributed by atoms with Gasteiger partial charge in [-0.25, -0.2) is 0 Å². The van der Waals surface area contributed by atoms with Gasteiger partial charge in [0, 0.05) is 16.9 Å². The topological polar surface area (TPSA) is 79.1 Å². The molecule has 26 heavy (non-hydrogen) atoms. The Morgan fingerprint density at radius 3 is 2.62 bits per heavy atom. The molecule has 0 bridgehead atoms. The lowest BCUT2D eigenvalue weighted by Crippen LogP contribution is -2.02. The van der Waals surface area contributed by atoms with Gasteiger partial charge in [0.2, 0.25) is 5.16 Å². The summed E-state index contributed by atoms with van der Waals surface area (Å²) in [4.78, 5) is 11.6. The van der Waals surface area contributed by atoms with Crippen LogP contribution in [0.25, 0.3) is 5.69 Å². The molecule has 0 aliphatic carbocycles. The molecule has 1 heterocycles. The van der Waals surface area contributed by atoms with Crippen LogP contribution in [0.4, 0.5) is 0 Å². The normalized spacial score (nSPS) is 10.6. The van der Waals surface area contributed by atoms with Crippen molar-refractivity contribution < 1.29 is 14.3 Å². The van der Waals surface area contributed by atoms with E-state index >= 15 is 0 Å². The van der Waals surface area contributed by atoms with Gasteiger partial charge in [-0.05, 0) is 47.7 Å². The van der Waals surface area contributed by atoms with Crippen molar-refractivity contribution in [1.29, 1.82) is 0 Å². The van der Waals surface area contributed by atoms with Crippen molar-refractivity contribution in [3.8, 4) is 17.2 Å². The summed E-state index contributed by atoms with van der Waals surface area (Å²) < 4.78 is 12.4. The van der Waals surface area contributed by atoms with E-state index in [0.29, 0.717) is 22.2 Å². The van der Waals surface area contributed by atoms with Crippen LogP contribution in [0, 0.1) is 0 Å². The molecule has 1 aromatic heterocycles. The zero-order valence-corrected chi connectivity index (χ0v) is 15.5. The summed E-state index contributed by atoms with van der Waals surface area (Å²) in [6.07, 6.45) is 0. The molecule has 0 spiro atoms. The maximum atomic E-state index is 11.6. The number of nitrogens with zero attached hydrogens (tertiary/aromatic N) is 4. The number of para-hydroxylation sites is 2. The average Bonchev–Trinajstić information content (AvgIpc) is 3.14. The van der Waals surface area contributed by atoms with E-state index in [2.05, 4.69) is 15.5 Å². The summed E-state index contributed by atoms with van der Waals surface area (Å²) in [7, 11) is 3.21. The van der Waals surface area contributed by atoms with Crippen molar-refractivity contribution >= 4 is 17.5 Å². The van der Waals surface area contributed by atoms with Crippen molar-refractivity contribution in [1.82, 2.24) is 20.2 Å². The van der Waals surface area contributed by atoms with Crippen LogP contribution in [0.1, 0.15) is 22.8 Å². The molecule has 0 atom stereocenters. The Morgan fingerprint density at radius 2 is 1.88 bits per heavy atom. The number of Topliss-reactive ketones (excluding diaryl/α,β-unsaturated/α-hetero) is 1. The molecule has 7 nitrogen and oxygen atoms in total. The molecule has 134 valence electrons. The lowest BCUT2D eigenvalue weighted by Gasteiger charge is -2.11. The Hall–Kier alpha value is -2.87. The molecule has 0 radical (unpaired) electrons. The highest BCUT2D eigenvalue weighted by molar-refractivity contribution is 7.98. The van der Waals surface area contributed by atoms with Gasteiger partial charge in [-0.2, -0.15) is 4.68 Å². The highest BCUT2D eigenvalue weighted by atomic mass is 32.2. The van der Waals surface area contributed by atoms with Gasteiger partial charge in [-0.15, -0.1) is 5.10 Å². The van der Waals surface area contributed by atoms with Crippen LogP contribution in [0.5, 0.6) is 11.5 Å². The number of carbonyl (C=O) groups excluding carboxylic acids is 1. The Morgan fingerprint density at radius 1 is 1.12 bits per heavy atom. The fourth-order valence-corrected chi connectivity index (χ4v) is 3.34. The van der Waals surface area contributed by atoms with E-state index < -0.39 is 0 Å². The number of ether oxygens (including phenoxy) is 2. The molecule has 3 aromatic rings. The molecule has 3 rings (SSSR count). The molecule has 2 aromatic carbocycles. The van der Waals surface area contributed by atoms with E-state index in [9.17, 15) is 4.79 Å². The van der Waals surface area contributed by atoms with Crippen molar-refractivity contribution in [3.05, 3.63) is 53.6 Å². The predicted octanol–water partition coefficient (Wildman–Crippen LogP) is 3.17. The molecule has 0 aliphatic rings. The van der Waals surface area contributed by atoms with Crippen LogP contribution in [0.15, 0.2) is 47.6 Å². The first-order chi connectivity index (χ1) is 12.6. The summed E-state index contributed by atoms with van der Waals surface area (Å²) in [5.74, 6) is 1.97. The van der Waals surface area contributed by atoms with Crippen LogP contribution < -0.4 is 9.47 Å². The number of methoxy groups -OCH3 is 2. The minimum atomic E-state index is 0.0118. The number of hydrogen-bond acceptors (Lipinski definition) is 7. The lowest BCUT2D eigenvalue weighted by atomic mass is 10.1. The fourth-order valence-electron chi connectivity index (χ4n) is 2.48. The smallest absolute Gasteiger partial charge is 0.214 e. The SMILES string of the molecule is COc1ccc(C(C)=O)cc1CSc1nnnn1-c1ccccc1OC. The van der Waals surface area contributed by atoms with Gasteiger partial charge in [0.25, 0.3) is 0 Å². The number of ketones is 1. The van der Waals surface area contributed by atoms with E-state index in [1.165, 1.54) is 11.8 Å². The summed E-state index contributed by atoms with van der Waals surface area (Å²) >= 11 is 1.45. The van der Waals surface area contributed by atoms with Crippen LogP contribution in [-0.2, 0) is 5.75 Å². The second kappa shape index (κ2) is 8.01. The third-order valence-electron chi connectivity index (χ3n) is 3.80. The largest absolute Gasteiger partial charge is 0.496 e. The Bertz CT molecular complexity index is 926. The lowest BCUT2D eigenvalue weighted by molar-refractivity contribution is 0.101. The number of aromatic nitrogens is 4. The number of rotatable bonds is 7. The first-order valence-electron chi connectivity index (χ1n) is 7.86. The summed E-state index contributed by atoms with van der Waals surface area (Å²) in [5.41, 5.74) is 2.30. The maximum Gasteiger partial charge on any atom is 0.214 e. The van der Waals surface area contributed by atoms with Crippen LogP contribution in [-0.4, -0.2) is 40.2 Å². The van der Waals surface area contributed by atoms with Gasteiger partial charge in [0.15, 0.2) is 5.78 Å².